The van der Waals surface area contributed by atoms with E-state index in [2.05, 4.69) is 34.6 Å². The van der Waals surface area contributed by atoms with E-state index in [9.17, 15) is 9.59 Å². The van der Waals surface area contributed by atoms with Crippen LogP contribution in [0.2, 0.25) is 0 Å². The number of hydrazine groups is 1. The average molecular weight is 418 g/mol. The second-order valence-corrected chi connectivity index (χ2v) is 8.34. The lowest BCUT2D eigenvalue weighted by atomic mass is 10.2. The van der Waals surface area contributed by atoms with Crippen LogP contribution < -0.4 is 20.7 Å². The van der Waals surface area contributed by atoms with Crippen LogP contribution in [-0.4, -0.2) is 44.0 Å². The first-order valence-corrected chi connectivity index (χ1v) is 10.6. The number of rotatable bonds is 6. The summed E-state index contributed by atoms with van der Waals surface area (Å²) in [5.74, 6) is -0.714. The predicted molar refractivity (Wildman–Crippen MR) is 117 cm³/mol. The van der Waals surface area contributed by atoms with Crippen molar-refractivity contribution in [2.45, 2.75) is 13.8 Å². The smallest absolute Gasteiger partial charge is 0.279 e. The molecule has 0 aliphatic heterocycles. The van der Waals surface area contributed by atoms with E-state index in [1.54, 1.807) is 29.5 Å². The minimum Gasteiger partial charge on any atom is -0.378 e. The minimum absolute atomic E-state index is 0.350. The topological polar surface area (TPSA) is 77.6 Å². The number of carbonyl (C=O) groups is 2. The SMILES string of the molecule is CCN(CC)c1nc2sc(C(=O)NNC(=O)c3cccc(N(C)C)c3)cc2s1. The molecule has 0 spiro atoms. The van der Waals surface area contributed by atoms with Gasteiger partial charge in [-0.05, 0) is 38.1 Å². The van der Waals surface area contributed by atoms with Gasteiger partial charge in [-0.2, -0.15) is 0 Å². The highest BCUT2D eigenvalue weighted by Gasteiger charge is 2.17. The molecule has 0 saturated heterocycles. The van der Waals surface area contributed by atoms with Gasteiger partial charge in [-0.3, -0.25) is 20.4 Å². The Morgan fingerprint density at radius 2 is 1.75 bits per heavy atom. The van der Waals surface area contributed by atoms with Crippen LogP contribution in [0.5, 0.6) is 0 Å². The molecule has 148 valence electrons. The number of anilines is 2. The third-order valence-electron chi connectivity index (χ3n) is 4.25. The highest BCUT2D eigenvalue weighted by Crippen LogP contribution is 2.34. The number of nitrogens with zero attached hydrogens (tertiary/aromatic N) is 3. The highest BCUT2D eigenvalue weighted by molar-refractivity contribution is 7.29. The molecule has 2 heterocycles. The number of nitrogens with one attached hydrogen (secondary N) is 2. The Balaban J connectivity index is 1.65. The van der Waals surface area contributed by atoms with E-state index >= 15 is 0 Å². The molecule has 9 heteroatoms. The molecule has 3 rings (SSSR count). The molecule has 2 N–H and O–H groups in total. The molecule has 0 atom stereocenters. The second kappa shape index (κ2) is 8.57. The summed E-state index contributed by atoms with van der Waals surface area (Å²) in [6.07, 6.45) is 0. The van der Waals surface area contributed by atoms with E-state index in [-0.39, 0.29) is 11.8 Å². The summed E-state index contributed by atoms with van der Waals surface area (Å²) in [7, 11) is 3.81. The first-order chi connectivity index (χ1) is 13.4. The maximum absolute atomic E-state index is 12.4. The van der Waals surface area contributed by atoms with Gasteiger partial charge in [-0.1, -0.05) is 17.4 Å². The van der Waals surface area contributed by atoms with E-state index < -0.39 is 0 Å². The normalized spacial score (nSPS) is 10.7. The fourth-order valence-electron chi connectivity index (χ4n) is 2.64. The fraction of sp³-hybridized carbons (Fsp3) is 0.316. The van der Waals surface area contributed by atoms with E-state index in [4.69, 9.17) is 0 Å². The summed E-state index contributed by atoms with van der Waals surface area (Å²) < 4.78 is 0.974. The average Bonchev–Trinajstić information content (AvgIpc) is 3.26. The van der Waals surface area contributed by atoms with Gasteiger partial charge >= 0.3 is 0 Å². The number of thiazole rings is 1. The molecule has 0 saturated carbocycles. The molecule has 3 aromatic rings. The van der Waals surface area contributed by atoms with Gasteiger partial charge in [0.05, 0.1) is 9.58 Å². The zero-order chi connectivity index (χ0) is 20.3. The van der Waals surface area contributed by atoms with Gasteiger partial charge in [0.1, 0.15) is 4.83 Å². The van der Waals surface area contributed by atoms with Crippen LogP contribution in [0.4, 0.5) is 10.8 Å². The van der Waals surface area contributed by atoms with Crippen molar-refractivity contribution in [3.63, 3.8) is 0 Å². The van der Waals surface area contributed by atoms with Crippen LogP contribution in [0.25, 0.3) is 9.53 Å². The number of aromatic nitrogens is 1. The number of hydrogen-bond acceptors (Lipinski definition) is 7. The summed E-state index contributed by atoms with van der Waals surface area (Å²) in [5.41, 5.74) is 6.34. The Morgan fingerprint density at radius 1 is 1.04 bits per heavy atom. The molecule has 0 aliphatic rings. The highest BCUT2D eigenvalue weighted by atomic mass is 32.1. The summed E-state index contributed by atoms with van der Waals surface area (Å²) in [6.45, 7) is 5.97. The molecule has 0 bridgehead atoms. The Kier molecular flexibility index (Phi) is 6.15. The maximum Gasteiger partial charge on any atom is 0.279 e. The van der Waals surface area contributed by atoms with E-state index in [1.165, 1.54) is 11.3 Å². The third kappa shape index (κ3) is 4.26. The van der Waals surface area contributed by atoms with Crippen molar-refractivity contribution in [1.29, 1.82) is 0 Å². The van der Waals surface area contributed by atoms with Crippen molar-refractivity contribution < 1.29 is 9.59 Å². The van der Waals surface area contributed by atoms with Crippen LogP contribution >= 0.6 is 22.7 Å². The van der Waals surface area contributed by atoms with Crippen molar-refractivity contribution in [2.24, 2.45) is 0 Å². The summed E-state index contributed by atoms with van der Waals surface area (Å²) in [5, 5.41) is 0.965. The molecule has 0 aliphatic carbocycles. The quantitative estimate of drug-likeness (QED) is 0.602. The Labute approximate surface area is 172 Å². The number of thiophene rings is 1. The standard InChI is InChI=1S/C19H23N5O2S2/c1-5-24(6-2)19-20-18-15(28-19)11-14(27-18)17(26)22-21-16(25)12-8-7-9-13(10-12)23(3)4/h7-11H,5-6H2,1-4H3,(H,21,25)(H,22,26). The van der Waals surface area contributed by atoms with Gasteiger partial charge in [0, 0.05) is 38.4 Å². The van der Waals surface area contributed by atoms with Crippen LogP contribution in [0.1, 0.15) is 33.9 Å². The molecule has 0 unspecified atom stereocenters. The Bertz CT molecular complexity index is 960. The predicted octanol–water partition coefficient (Wildman–Crippen LogP) is 3.34. The number of carbonyl (C=O) groups excluding carboxylic acids is 2. The summed E-state index contributed by atoms with van der Waals surface area (Å²) in [4.78, 5) is 34.8. The van der Waals surface area contributed by atoms with Gasteiger partial charge in [-0.15, -0.1) is 11.3 Å². The molecule has 28 heavy (non-hydrogen) atoms. The molecule has 0 radical (unpaired) electrons. The lowest BCUT2D eigenvalue weighted by Crippen LogP contribution is -2.41. The van der Waals surface area contributed by atoms with Crippen LogP contribution in [0, 0.1) is 0 Å². The van der Waals surface area contributed by atoms with Crippen LogP contribution in [-0.2, 0) is 0 Å². The first-order valence-electron chi connectivity index (χ1n) is 8.96. The van der Waals surface area contributed by atoms with Crippen molar-refractivity contribution in [2.75, 3.05) is 37.0 Å². The molecular weight excluding hydrogens is 394 g/mol. The van der Waals surface area contributed by atoms with Gasteiger partial charge < -0.3 is 9.80 Å². The molecule has 0 fully saturated rings. The van der Waals surface area contributed by atoms with Gasteiger partial charge in [-0.25, -0.2) is 4.98 Å². The lowest BCUT2D eigenvalue weighted by molar-refractivity contribution is 0.0849. The number of amides is 2. The van der Waals surface area contributed by atoms with Crippen molar-refractivity contribution in [3.05, 3.63) is 40.8 Å². The van der Waals surface area contributed by atoms with E-state index in [1.807, 2.05) is 31.1 Å². The van der Waals surface area contributed by atoms with E-state index in [0.717, 1.165) is 33.4 Å². The van der Waals surface area contributed by atoms with Crippen LogP contribution in [0.15, 0.2) is 30.3 Å². The molecule has 2 aromatic heterocycles. The van der Waals surface area contributed by atoms with Gasteiger partial charge in [0.25, 0.3) is 11.8 Å². The second-order valence-electron chi connectivity index (χ2n) is 6.30. The number of fused-ring (bicyclic) bond motifs is 1. The van der Waals surface area contributed by atoms with Crippen molar-refractivity contribution >= 4 is 54.8 Å². The summed E-state index contributed by atoms with van der Waals surface area (Å²) >= 11 is 2.89. The monoisotopic (exact) mass is 417 g/mol. The fourth-order valence-corrected chi connectivity index (χ4v) is 4.87. The van der Waals surface area contributed by atoms with Crippen LogP contribution in [0.3, 0.4) is 0 Å². The summed E-state index contributed by atoms with van der Waals surface area (Å²) in [6, 6.07) is 9.00. The van der Waals surface area contributed by atoms with Crippen molar-refractivity contribution in [1.82, 2.24) is 15.8 Å². The van der Waals surface area contributed by atoms with Gasteiger partial charge in [0.2, 0.25) is 0 Å². The lowest BCUT2D eigenvalue weighted by Gasteiger charge is -2.16. The molecule has 7 nitrogen and oxygen atoms in total. The number of benzene rings is 1. The number of hydrogen-bond donors (Lipinski definition) is 2. The minimum atomic E-state index is -0.364. The van der Waals surface area contributed by atoms with E-state index in [0.29, 0.717) is 10.4 Å². The van der Waals surface area contributed by atoms with Gasteiger partial charge in [0.15, 0.2) is 5.13 Å². The zero-order valence-electron chi connectivity index (χ0n) is 16.3. The largest absolute Gasteiger partial charge is 0.378 e. The Morgan fingerprint density at radius 3 is 2.39 bits per heavy atom. The Hall–Kier alpha value is -2.65. The van der Waals surface area contributed by atoms with Crippen molar-refractivity contribution in [3.8, 4) is 0 Å². The zero-order valence-corrected chi connectivity index (χ0v) is 17.9. The maximum atomic E-state index is 12.4. The molecular formula is C19H23N5O2S2. The third-order valence-corrected chi connectivity index (χ3v) is 6.47. The first kappa shape index (κ1) is 20.1. The molecule has 1 aromatic carbocycles. The molecule has 2 amide bonds.